The van der Waals surface area contributed by atoms with E-state index in [9.17, 15) is 4.79 Å². The van der Waals surface area contributed by atoms with Crippen LogP contribution in [0.3, 0.4) is 0 Å². The van der Waals surface area contributed by atoms with Crippen molar-refractivity contribution in [3.05, 3.63) is 0 Å². The lowest BCUT2D eigenvalue weighted by atomic mass is 10.1. The van der Waals surface area contributed by atoms with Gasteiger partial charge in [-0.15, -0.1) is 0 Å². The third-order valence-electron chi connectivity index (χ3n) is 2.23. The van der Waals surface area contributed by atoms with Crippen molar-refractivity contribution in [2.45, 2.75) is 58.4 Å². The fraction of sp³-hybridized carbons (Fsp3) is 0.909. The molecule has 0 heterocycles. The SMILES string of the molecule is CCCCCCC(=O)NC(C)CCO. The van der Waals surface area contributed by atoms with Crippen molar-refractivity contribution in [3.8, 4) is 0 Å². The lowest BCUT2D eigenvalue weighted by Crippen LogP contribution is -2.32. The molecule has 0 fully saturated rings. The van der Waals surface area contributed by atoms with Gasteiger partial charge in [-0.3, -0.25) is 4.79 Å². The molecule has 0 rings (SSSR count). The molecule has 3 nitrogen and oxygen atoms in total. The highest BCUT2D eigenvalue weighted by Crippen LogP contribution is 2.02. The Morgan fingerprint density at radius 2 is 2.07 bits per heavy atom. The molecular formula is C11H23NO2. The highest BCUT2D eigenvalue weighted by molar-refractivity contribution is 5.76. The zero-order valence-corrected chi connectivity index (χ0v) is 9.38. The number of unbranched alkanes of at least 4 members (excludes halogenated alkanes) is 3. The number of carbonyl (C=O) groups is 1. The van der Waals surface area contributed by atoms with Crippen LogP contribution in [0.15, 0.2) is 0 Å². The summed E-state index contributed by atoms with van der Waals surface area (Å²) < 4.78 is 0. The maximum absolute atomic E-state index is 11.3. The van der Waals surface area contributed by atoms with Crippen molar-refractivity contribution in [2.75, 3.05) is 6.61 Å². The maximum atomic E-state index is 11.3. The molecule has 0 radical (unpaired) electrons. The minimum atomic E-state index is 0.0960. The lowest BCUT2D eigenvalue weighted by molar-refractivity contribution is -0.121. The number of rotatable bonds is 8. The monoisotopic (exact) mass is 201 g/mol. The van der Waals surface area contributed by atoms with E-state index in [0.717, 1.165) is 12.8 Å². The topological polar surface area (TPSA) is 49.3 Å². The summed E-state index contributed by atoms with van der Waals surface area (Å²) in [4.78, 5) is 11.3. The first kappa shape index (κ1) is 13.4. The van der Waals surface area contributed by atoms with E-state index in [1.54, 1.807) is 0 Å². The highest BCUT2D eigenvalue weighted by Gasteiger charge is 2.05. The van der Waals surface area contributed by atoms with Gasteiger partial charge >= 0.3 is 0 Å². The molecule has 0 saturated carbocycles. The summed E-state index contributed by atoms with van der Waals surface area (Å²) in [5.74, 6) is 0.113. The number of hydrogen-bond acceptors (Lipinski definition) is 2. The zero-order chi connectivity index (χ0) is 10.8. The average Bonchev–Trinajstić information content (AvgIpc) is 2.13. The van der Waals surface area contributed by atoms with E-state index >= 15 is 0 Å². The molecule has 1 atom stereocenters. The smallest absolute Gasteiger partial charge is 0.220 e. The first-order valence-electron chi connectivity index (χ1n) is 5.61. The molecule has 0 spiro atoms. The molecule has 0 aliphatic rings. The highest BCUT2D eigenvalue weighted by atomic mass is 16.3. The van der Waals surface area contributed by atoms with Gasteiger partial charge in [0.15, 0.2) is 0 Å². The number of amides is 1. The van der Waals surface area contributed by atoms with Gasteiger partial charge in [0.25, 0.3) is 0 Å². The standard InChI is InChI=1S/C11H23NO2/c1-3-4-5-6-7-11(14)12-10(2)8-9-13/h10,13H,3-9H2,1-2H3,(H,12,14). The Kier molecular flexibility index (Phi) is 8.64. The molecule has 0 aliphatic heterocycles. The minimum Gasteiger partial charge on any atom is -0.396 e. The van der Waals surface area contributed by atoms with Gasteiger partial charge in [0.05, 0.1) is 0 Å². The Balaban J connectivity index is 3.35. The van der Waals surface area contributed by atoms with Crippen LogP contribution in [-0.2, 0) is 4.79 Å². The van der Waals surface area contributed by atoms with Gasteiger partial charge in [-0.2, -0.15) is 0 Å². The maximum Gasteiger partial charge on any atom is 0.220 e. The van der Waals surface area contributed by atoms with E-state index in [1.165, 1.54) is 12.8 Å². The van der Waals surface area contributed by atoms with Gasteiger partial charge in [-0.05, 0) is 19.8 Å². The van der Waals surface area contributed by atoms with E-state index in [0.29, 0.717) is 12.8 Å². The van der Waals surface area contributed by atoms with Crippen molar-refractivity contribution in [2.24, 2.45) is 0 Å². The first-order valence-corrected chi connectivity index (χ1v) is 5.61. The first-order chi connectivity index (χ1) is 6.70. The van der Waals surface area contributed by atoms with Crippen LogP contribution >= 0.6 is 0 Å². The van der Waals surface area contributed by atoms with E-state index < -0.39 is 0 Å². The van der Waals surface area contributed by atoms with Crippen molar-refractivity contribution in [3.63, 3.8) is 0 Å². The molecule has 1 amide bonds. The van der Waals surface area contributed by atoms with Crippen LogP contribution in [0.2, 0.25) is 0 Å². The van der Waals surface area contributed by atoms with Gasteiger partial charge in [-0.1, -0.05) is 26.2 Å². The summed E-state index contributed by atoms with van der Waals surface area (Å²) in [5, 5.41) is 11.5. The molecule has 84 valence electrons. The fourth-order valence-electron chi connectivity index (χ4n) is 1.33. The molecule has 0 aromatic heterocycles. The van der Waals surface area contributed by atoms with Gasteiger partial charge < -0.3 is 10.4 Å². The lowest BCUT2D eigenvalue weighted by Gasteiger charge is -2.11. The number of nitrogens with one attached hydrogen (secondary N) is 1. The predicted octanol–water partition coefficient (Wildman–Crippen LogP) is 1.84. The Morgan fingerprint density at radius 3 is 2.64 bits per heavy atom. The Hall–Kier alpha value is -0.570. The van der Waals surface area contributed by atoms with Gasteiger partial charge in [0.1, 0.15) is 0 Å². The molecule has 0 saturated heterocycles. The molecule has 0 aliphatic carbocycles. The third kappa shape index (κ3) is 8.05. The van der Waals surface area contributed by atoms with E-state index in [2.05, 4.69) is 12.2 Å². The predicted molar refractivity (Wildman–Crippen MR) is 58.1 cm³/mol. The van der Waals surface area contributed by atoms with E-state index in [-0.39, 0.29) is 18.6 Å². The van der Waals surface area contributed by atoms with Crippen LogP contribution < -0.4 is 5.32 Å². The summed E-state index contributed by atoms with van der Waals surface area (Å²) >= 11 is 0. The summed E-state index contributed by atoms with van der Waals surface area (Å²) in [6.45, 7) is 4.21. The van der Waals surface area contributed by atoms with Crippen LogP contribution in [0.5, 0.6) is 0 Å². The average molecular weight is 201 g/mol. The summed E-state index contributed by atoms with van der Waals surface area (Å²) in [7, 11) is 0. The second-order valence-corrected chi connectivity index (χ2v) is 3.79. The molecule has 1 unspecified atom stereocenters. The normalized spacial score (nSPS) is 12.5. The van der Waals surface area contributed by atoms with Crippen molar-refractivity contribution >= 4 is 5.91 Å². The minimum absolute atomic E-state index is 0.0960. The summed E-state index contributed by atoms with van der Waals surface area (Å²) in [6, 6.07) is 0.0960. The van der Waals surface area contributed by atoms with Gasteiger partial charge in [0, 0.05) is 19.1 Å². The number of carbonyl (C=O) groups excluding carboxylic acids is 1. The van der Waals surface area contributed by atoms with Crippen molar-refractivity contribution < 1.29 is 9.90 Å². The number of aliphatic hydroxyl groups is 1. The third-order valence-corrected chi connectivity index (χ3v) is 2.23. The number of aliphatic hydroxyl groups excluding tert-OH is 1. The molecule has 2 N–H and O–H groups in total. The summed E-state index contributed by atoms with van der Waals surface area (Å²) in [5.41, 5.74) is 0. The molecule has 0 aromatic rings. The zero-order valence-electron chi connectivity index (χ0n) is 9.38. The molecule has 14 heavy (non-hydrogen) atoms. The van der Waals surface area contributed by atoms with E-state index in [4.69, 9.17) is 5.11 Å². The Labute approximate surface area is 86.9 Å². The number of hydrogen-bond donors (Lipinski definition) is 2. The van der Waals surface area contributed by atoms with Crippen LogP contribution in [0.1, 0.15) is 52.4 Å². The van der Waals surface area contributed by atoms with Gasteiger partial charge in [0.2, 0.25) is 5.91 Å². The molecule has 0 bridgehead atoms. The summed E-state index contributed by atoms with van der Waals surface area (Å²) in [6.07, 6.45) is 5.78. The fourth-order valence-corrected chi connectivity index (χ4v) is 1.33. The second kappa shape index (κ2) is 9.00. The molecule has 0 aromatic carbocycles. The molecular weight excluding hydrogens is 178 g/mol. The Morgan fingerprint density at radius 1 is 1.36 bits per heavy atom. The largest absolute Gasteiger partial charge is 0.396 e. The van der Waals surface area contributed by atoms with Crippen LogP contribution in [-0.4, -0.2) is 23.7 Å². The Bertz CT molecular complexity index is 148. The van der Waals surface area contributed by atoms with Crippen molar-refractivity contribution in [1.82, 2.24) is 5.32 Å². The van der Waals surface area contributed by atoms with E-state index in [1.807, 2.05) is 6.92 Å². The van der Waals surface area contributed by atoms with Crippen molar-refractivity contribution in [1.29, 1.82) is 0 Å². The second-order valence-electron chi connectivity index (χ2n) is 3.79. The van der Waals surface area contributed by atoms with Crippen LogP contribution in [0.4, 0.5) is 0 Å². The quantitative estimate of drug-likeness (QED) is 0.589. The van der Waals surface area contributed by atoms with Crippen LogP contribution in [0.25, 0.3) is 0 Å². The van der Waals surface area contributed by atoms with Gasteiger partial charge in [-0.25, -0.2) is 0 Å². The van der Waals surface area contributed by atoms with Crippen LogP contribution in [0, 0.1) is 0 Å². The molecule has 3 heteroatoms.